The molecule has 1 saturated heterocycles. The summed E-state index contributed by atoms with van der Waals surface area (Å²) in [6.45, 7) is 2.97. The summed E-state index contributed by atoms with van der Waals surface area (Å²) in [6.07, 6.45) is 3.99. The zero-order chi connectivity index (χ0) is 19.0. The van der Waals surface area contributed by atoms with Crippen LogP contribution in [0, 0.1) is 0 Å². The van der Waals surface area contributed by atoms with Crippen molar-refractivity contribution in [1.82, 2.24) is 18.6 Å². The molecule has 1 aliphatic heterocycles. The van der Waals surface area contributed by atoms with Crippen molar-refractivity contribution < 1.29 is 8.42 Å². The summed E-state index contributed by atoms with van der Waals surface area (Å²) in [6, 6.07) is 10.2. The normalized spacial score (nSPS) is 16.8. The van der Waals surface area contributed by atoms with Gasteiger partial charge in [0.1, 0.15) is 5.65 Å². The molecule has 0 atom stereocenters. The maximum atomic E-state index is 12.8. The highest BCUT2D eigenvalue weighted by Gasteiger charge is 2.28. The van der Waals surface area contributed by atoms with Crippen molar-refractivity contribution >= 4 is 43.2 Å². The topological polar surface area (TPSA) is 57.9 Å². The lowest BCUT2D eigenvalue weighted by Crippen LogP contribution is -2.48. The Bertz CT molecular complexity index is 1060. The number of rotatable bonds is 4. The first-order valence-electron chi connectivity index (χ1n) is 8.53. The van der Waals surface area contributed by atoms with E-state index in [1.54, 1.807) is 24.3 Å². The molecule has 142 valence electrons. The summed E-state index contributed by atoms with van der Waals surface area (Å²) >= 11 is 9.32. The molecule has 0 saturated carbocycles. The molecular formula is C18H18BrClN4O2S. The molecule has 4 rings (SSSR count). The summed E-state index contributed by atoms with van der Waals surface area (Å²) in [7, 11) is -3.48. The van der Waals surface area contributed by atoms with Crippen LogP contribution in [-0.2, 0) is 16.6 Å². The van der Waals surface area contributed by atoms with Crippen LogP contribution in [0.25, 0.3) is 5.65 Å². The second-order valence-corrected chi connectivity index (χ2v) is 9.77. The molecule has 3 heterocycles. The van der Waals surface area contributed by atoms with E-state index in [1.165, 1.54) is 4.31 Å². The second-order valence-electron chi connectivity index (χ2n) is 6.48. The van der Waals surface area contributed by atoms with Crippen LogP contribution in [0.5, 0.6) is 0 Å². The summed E-state index contributed by atoms with van der Waals surface area (Å²) in [4.78, 5) is 7.14. The summed E-state index contributed by atoms with van der Waals surface area (Å²) < 4.78 is 30.0. The van der Waals surface area contributed by atoms with Gasteiger partial charge >= 0.3 is 0 Å². The Kier molecular flexibility index (Phi) is 5.26. The van der Waals surface area contributed by atoms with Gasteiger partial charge in [0.2, 0.25) is 10.0 Å². The van der Waals surface area contributed by atoms with Gasteiger partial charge in [0.25, 0.3) is 0 Å². The zero-order valence-electron chi connectivity index (χ0n) is 14.4. The van der Waals surface area contributed by atoms with E-state index in [0.29, 0.717) is 37.7 Å². The first-order chi connectivity index (χ1) is 12.9. The molecule has 1 aliphatic rings. The number of halogens is 2. The third-order valence-electron chi connectivity index (χ3n) is 4.63. The number of pyridine rings is 1. The number of benzene rings is 1. The molecule has 0 unspecified atom stereocenters. The number of aromatic nitrogens is 2. The molecule has 1 aromatic carbocycles. The fraction of sp³-hybridized carbons (Fsp3) is 0.278. The molecule has 0 aliphatic carbocycles. The third kappa shape index (κ3) is 4.05. The first kappa shape index (κ1) is 18.9. The summed E-state index contributed by atoms with van der Waals surface area (Å²) in [5.74, 6) is 0. The van der Waals surface area contributed by atoms with E-state index in [4.69, 9.17) is 11.6 Å². The molecule has 0 amide bonds. The Morgan fingerprint density at radius 1 is 1.00 bits per heavy atom. The molecular weight excluding hydrogens is 452 g/mol. The van der Waals surface area contributed by atoms with Crippen molar-refractivity contribution in [3.8, 4) is 0 Å². The zero-order valence-corrected chi connectivity index (χ0v) is 17.6. The molecule has 3 aromatic rings. The van der Waals surface area contributed by atoms with E-state index in [2.05, 4.69) is 25.8 Å². The molecule has 2 aromatic heterocycles. The lowest BCUT2D eigenvalue weighted by atomic mass is 10.3. The lowest BCUT2D eigenvalue weighted by molar-refractivity contribution is 0.180. The van der Waals surface area contributed by atoms with E-state index in [-0.39, 0.29) is 4.90 Å². The Morgan fingerprint density at radius 3 is 2.41 bits per heavy atom. The SMILES string of the molecule is O=S(=O)(c1ccc(Cl)cc1)N1CCN(Cc2cn3cc(Br)ccc3n2)CC1. The van der Waals surface area contributed by atoms with Crippen molar-refractivity contribution in [3.05, 3.63) is 64.0 Å². The maximum Gasteiger partial charge on any atom is 0.243 e. The number of sulfonamides is 1. The average Bonchev–Trinajstić information content (AvgIpc) is 3.04. The smallest absolute Gasteiger partial charge is 0.243 e. The van der Waals surface area contributed by atoms with Crippen LogP contribution in [0.4, 0.5) is 0 Å². The minimum atomic E-state index is -3.48. The standard InChI is InChI=1S/C18H18BrClN4O2S/c19-14-1-6-18-21-16(13-23(18)11-14)12-22-7-9-24(10-8-22)27(25,26)17-4-2-15(20)3-5-17/h1-6,11,13H,7-10,12H2. The van der Waals surface area contributed by atoms with Crippen LogP contribution >= 0.6 is 27.5 Å². The molecule has 27 heavy (non-hydrogen) atoms. The van der Waals surface area contributed by atoms with Crippen molar-refractivity contribution in [3.63, 3.8) is 0 Å². The minimum absolute atomic E-state index is 0.284. The molecule has 1 fully saturated rings. The van der Waals surface area contributed by atoms with E-state index >= 15 is 0 Å². The van der Waals surface area contributed by atoms with Gasteiger partial charge in [0.05, 0.1) is 10.6 Å². The number of hydrogen-bond acceptors (Lipinski definition) is 4. The molecule has 0 spiro atoms. The van der Waals surface area contributed by atoms with E-state index in [0.717, 1.165) is 15.8 Å². The van der Waals surface area contributed by atoms with Crippen LogP contribution in [0.15, 0.2) is 58.2 Å². The van der Waals surface area contributed by atoms with Gasteiger partial charge in [-0.2, -0.15) is 4.31 Å². The highest BCUT2D eigenvalue weighted by Crippen LogP contribution is 2.20. The van der Waals surface area contributed by atoms with Gasteiger partial charge in [-0.1, -0.05) is 11.6 Å². The van der Waals surface area contributed by atoms with Crippen molar-refractivity contribution in [2.75, 3.05) is 26.2 Å². The molecule has 9 heteroatoms. The largest absolute Gasteiger partial charge is 0.306 e. The van der Waals surface area contributed by atoms with Gasteiger partial charge in [-0.15, -0.1) is 0 Å². The summed E-state index contributed by atoms with van der Waals surface area (Å²) in [5.41, 5.74) is 1.87. The fourth-order valence-electron chi connectivity index (χ4n) is 3.21. The number of fused-ring (bicyclic) bond motifs is 1. The van der Waals surface area contributed by atoms with Crippen LogP contribution in [0.1, 0.15) is 5.69 Å². The number of piperazine rings is 1. The molecule has 0 radical (unpaired) electrons. The quantitative estimate of drug-likeness (QED) is 0.588. The minimum Gasteiger partial charge on any atom is -0.306 e. The van der Waals surface area contributed by atoms with E-state index in [9.17, 15) is 8.42 Å². The van der Waals surface area contributed by atoms with E-state index in [1.807, 2.05) is 28.9 Å². The Labute approximate surface area is 171 Å². The molecule has 6 nitrogen and oxygen atoms in total. The third-order valence-corrected chi connectivity index (χ3v) is 7.27. The van der Waals surface area contributed by atoms with Gasteiger partial charge < -0.3 is 4.40 Å². The fourth-order valence-corrected chi connectivity index (χ4v) is 5.11. The van der Waals surface area contributed by atoms with Gasteiger partial charge in [-0.05, 0) is 52.3 Å². The molecule has 0 bridgehead atoms. The van der Waals surface area contributed by atoms with Crippen LogP contribution in [0.3, 0.4) is 0 Å². The molecule has 0 N–H and O–H groups in total. The second kappa shape index (κ2) is 7.52. The van der Waals surface area contributed by atoms with Gasteiger partial charge in [-0.25, -0.2) is 13.4 Å². The van der Waals surface area contributed by atoms with Crippen LogP contribution in [-0.4, -0.2) is 53.2 Å². The number of nitrogens with zero attached hydrogens (tertiary/aromatic N) is 4. The highest BCUT2D eigenvalue weighted by atomic mass is 79.9. The summed E-state index contributed by atoms with van der Waals surface area (Å²) in [5, 5.41) is 0.526. The van der Waals surface area contributed by atoms with Crippen molar-refractivity contribution in [2.24, 2.45) is 0 Å². The Hall–Kier alpha value is -1.45. The van der Waals surface area contributed by atoms with Gasteiger partial charge in [0.15, 0.2) is 0 Å². The number of imidazole rings is 1. The monoisotopic (exact) mass is 468 g/mol. The number of hydrogen-bond donors (Lipinski definition) is 0. The lowest BCUT2D eigenvalue weighted by Gasteiger charge is -2.33. The predicted molar refractivity (Wildman–Crippen MR) is 108 cm³/mol. The van der Waals surface area contributed by atoms with Gasteiger partial charge in [-0.3, -0.25) is 4.90 Å². The Morgan fingerprint density at radius 2 is 1.70 bits per heavy atom. The van der Waals surface area contributed by atoms with Gasteiger partial charge in [0, 0.05) is 54.6 Å². The predicted octanol–water partition coefficient (Wildman–Crippen LogP) is 3.26. The Balaban J connectivity index is 1.41. The average molecular weight is 470 g/mol. The van der Waals surface area contributed by atoms with Crippen molar-refractivity contribution in [2.45, 2.75) is 11.4 Å². The van der Waals surface area contributed by atoms with Crippen LogP contribution in [0.2, 0.25) is 5.02 Å². The van der Waals surface area contributed by atoms with Crippen molar-refractivity contribution in [1.29, 1.82) is 0 Å². The van der Waals surface area contributed by atoms with E-state index < -0.39 is 10.0 Å². The van der Waals surface area contributed by atoms with Crippen LogP contribution < -0.4 is 0 Å². The maximum absolute atomic E-state index is 12.8. The first-order valence-corrected chi connectivity index (χ1v) is 11.1. The highest BCUT2D eigenvalue weighted by molar-refractivity contribution is 9.10.